The lowest BCUT2D eigenvalue weighted by Crippen LogP contribution is -2.35. The van der Waals surface area contributed by atoms with Crippen molar-refractivity contribution in [1.29, 1.82) is 0 Å². The van der Waals surface area contributed by atoms with Crippen molar-refractivity contribution in [1.82, 2.24) is 5.32 Å². The fourth-order valence-electron chi connectivity index (χ4n) is 1.60. The van der Waals surface area contributed by atoms with Gasteiger partial charge in [0, 0.05) is 12.6 Å². The van der Waals surface area contributed by atoms with Crippen molar-refractivity contribution in [2.45, 2.75) is 17.7 Å². The van der Waals surface area contributed by atoms with Crippen molar-refractivity contribution in [2.75, 3.05) is 12.3 Å². The number of sulfone groups is 1. The second-order valence-corrected chi connectivity index (χ2v) is 5.12. The highest BCUT2D eigenvalue weighted by atomic mass is 32.2. The van der Waals surface area contributed by atoms with Crippen LogP contribution in [0.25, 0.3) is 0 Å². The highest BCUT2D eigenvalue weighted by molar-refractivity contribution is 7.92. The lowest BCUT2D eigenvalue weighted by molar-refractivity contribution is 0.576. The molecule has 52 valence electrons. The van der Waals surface area contributed by atoms with Gasteiger partial charge in [-0.3, -0.25) is 0 Å². The number of nitrogens with one attached hydrogen (secondary N) is 1. The summed E-state index contributed by atoms with van der Waals surface area (Å²) in [6.45, 7) is 0.688. The molecule has 3 nitrogen and oxygen atoms in total. The standard InChI is InChI=1S/C5H9NO2S/c7-9(8)3-4-1-5(9)2-6-4/h4-6H,1-3H2/t4-,5-/m1/s1. The monoisotopic (exact) mass is 147 g/mol. The average Bonchev–Trinajstić information content (AvgIpc) is 2.19. The average molecular weight is 147 g/mol. The summed E-state index contributed by atoms with van der Waals surface area (Å²) < 4.78 is 22.0. The Labute approximate surface area is 54.4 Å². The van der Waals surface area contributed by atoms with Gasteiger partial charge in [0.2, 0.25) is 0 Å². The normalized spacial score (nSPS) is 45.8. The van der Waals surface area contributed by atoms with Crippen LogP contribution in [0.15, 0.2) is 0 Å². The van der Waals surface area contributed by atoms with Crippen LogP contribution in [0.5, 0.6) is 0 Å². The highest BCUT2D eigenvalue weighted by Crippen LogP contribution is 2.25. The van der Waals surface area contributed by atoms with Gasteiger partial charge in [-0.25, -0.2) is 8.42 Å². The minimum absolute atomic E-state index is 0.0532. The van der Waals surface area contributed by atoms with Gasteiger partial charge < -0.3 is 5.32 Å². The molecule has 0 aromatic heterocycles. The van der Waals surface area contributed by atoms with Crippen LogP contribution in [0.1, 0.15) is 6.42 Å². The maximum Gasteiger partial charge on any atom is 0.155 e. The molecule has 0 aromatic carbocycles. The number of fused-ring (bicyclic) bond motifs is 2. The van der Waals surface area contributed by atoms with E-state index >= 15 is 0 Å². The van der Waals surface area contributed by atoms with Gasteiger partial charge in [-0.15, -0.1) is 0 Å². The molecule has 1 N–H and O–H groups in total. The predicted molar refractivity (Wildman–Crippen MR) is 34.0 cm³/mol. The summed E-state index contributed by atoms with van der Waals surface area (Å²) in [5.41, 5.74) is 0. The lowest BCUT2D eigenvalue weighted by atomic mass is 10.3. The van der Waals surface area contributed by atoms with Gasteiger partial charge in [0.1, 0.15) is 0 Å². The Bertz CT molecular complexity index is 221. The molecular weight excluding hydrogens is 138 g/mol. The van der Waals surface area contributed by atoms with Gasteiger partial charge in [0.05, 0.1) is 11.0 Å². The number of hydrogen-bond acceptors (Lipinski definition) is 3. The molecule has 2 aliphatic rings. The molecule has 2 heterocycles. The van der Waals surface area contributed by atoms with Gasteiger partial charge in [-0.2, -0.15) is 0 Å². The first-order chi connectivity index (χ1) is 4.18. The van der Waals surface area contributed by atoms with Crippen LogP contribution in [0.4, 0.5) is 0 Å². The fraction of sp³-hybridized carbons (Fsp3) is 1.00. The summed E-state index contributed by atoms with van der Waals surface area (Å²) in [6, 6.07) is 0.278. The maximum atomic E-state index is 11.0. The third-order valence-electron chi connectivity index (χ3n) is 2.12. The van der Waals surface area contributed by atoms with Crippen LogP contribution < -0.4 is 5.32 Å². The molecule has 2 bridgehead atoms. The van der Waals surface area contributed by atoms with Crippen LogP contribution in [0.2, 0.25) is 0 Å². The van der Waals surface area contributed by atoms with Crippen molar-refractivity contribution in [2.24, 2.45) is 0 Å². The Kier molecular flexibility index (Phi) is 0.941. The van der Waals surface area contributed by atoms with E-state index in [4.69, 9.17) is 0 Å². The van der Waals surface area contributed by atoms with E-state index in [0.29, 0.717) is 12.3 Å². The second kappa shape index (κ2) is 1.49. The molecule has 0 amide bonds. The molecule has 0 saturated carbocycles. The molecule has 0 radical (unpaired) electrons. The zero-order valence-corrected chi connectivity index (χ0v) is 5.82. The molecule has 0 spiro atoms. The Morgan fingerprint density at radius 2 is 2.22 bits per heavy atom. The molecule has 0 aromatic rings. The summed E-state index contributed by atoms with van der Waals surface area (Å²) in [5, 5.41) is 3.08. The van der Waals surface area contributed by atoms with Crippen LogP contribution in [-0.4, -0.2) is 32.0 Å². The van der Waals surface area contributed by atoms with E-state index in [1.165, 1.54) is 0 Å². The van der Waals surface area contributed by atoms with Gasteiger partial charge in [-0.05, 0) is 6.42 Å². The second-order valence-electron chi connectivity index (χ2n) is 2.79. The Hall–Kier alpha value is -0.0900. The summed E-state index contributed by atoms with van der Waals surface area (Å²) in [5.74, 6) is 0.373. The molecule has 2 saturated heterocycles. The van der Waals surface area contributed by atoms with E-state index in [9.17, 15) is 8.42 Å². The SMILES string of the molecule is O=S1(=O)C[C@H]2C[C@@H]1CN2. The topological polar surface area (TPSA) is 46.2 Å². The highest BCUT2D eigenvalue weighted by Gasteiger charge is 2.43. The van der Waals surface area contributed by atoms with Gasteiger partial charge in [-0.1, -0.05) is 0 Å². The molecule has 2 aliphatic heterocycles. The van der Waals surface area contributed by atoms with E-state index in [2.05, 4.69) is 5.32 Å². The summed E-state index contributed by atoms with van der Waals surface area (Å²) >= 11 is 0. The van der Waals surface area contributed by atoms with Gasteiger partial charge in [0.25, 0.3) is 0 Å². The molecule has 9 heavy (non-hydrogen) atoms. The number of rotatable bonds is 0. The lowest BCUT2D eigenvalue weighted by Gasteiger charge is -2.10. The summed E-state index contributed by atoms with van der Waals surface area (Å²) in [7, 11) is -2.65. The zero-order valence-electron chi connectivity index (χ0n) is 5.00. The van der Waals surface area contributed by atoms with Crippen LogP contribution in [-0.2, 0) is 9.84 Å². The third-order valence-corrected chi connectivity index (χ3v) is 4.36. The van der Waals surface area contributed by atoms with E-state index in [1.54, 1.807) is 0 Å². The Morgan fingerprint density at radius 3 is 2.44 bits per heavy atom. The van der Waals surface area contributed by atoms with Crippen molar-refractivity contribution >= 4 is 9.84 Å². The molecule has 2 fully saturated rings. The van der Waals surface area contributed by atoms with Crippen LogP contribution in [0, 0.1) is 0 Å². The predicted octanol–water partition coefficient (Wildman–Crippen LogP) is -0.855. The van der Waals surface area contributed by atoms with Crippen LogP contribution >= 0.6 is 0 Å². The zero-order chi connectivity index (χ0) is 6.48. The first kappa shape index (κ1) is 5.68. The fourth-order valence-corrected chi connectivity index (χ4v) is 3.56. The molecule has 0 aliphatic carbocycles. The minimum atomic E-state index is -2.65. The van der Waals surface area contributed by atoms with E-state index in [0.717, 1.165) is 6.42 Å². The molecular formula is C5H9NO2S. The number of hydrogen-bond donors (Lipinski definition) is 1. The van der Waals surface area contributed by atoms with Crippen molar-refractivity contribution in [3.8, 4) is 0 Å². The van der Waals surface area contributed by atoms with E-state index in [1.807, 2.05) is 0 Å². The molecule has 4 heteroatoms. The van der Waals surface area contributed by atoms with Crippen molar-refractivity contribution in [3.63, 3.8) is 0 Å². The quantitative estimate of drug-likeness (QED) is 0.485. The summed E-state index contributed by atoms with van der Waals surface area (Å²) in [4.78, 5) is 0. The third kappa shape index (κ3) is 0.697. The van der Waals surface area contributed by atoms with Gasteiger partial charge >= 0.3 is 0 Å². The van der Waals surface area contributed by atoms with Gasteiger partial charge in [0.15, 0.2) is 9.84 Å². The first-order valence-electron chi connectivity index (χ1n) is 3.13. The molecule has 2 atom stereocenters. The largest absolute Gasteiger partial charge is 0.312 e. The minimum Gasteiger partial charge on any atom is -0.312 e. The maximum absolute atomic E-state index is 11.0. The van der Waals surface area contributed by atoms with E-state index in [-0.39, 0.29) is 11.3 Å². The Balaban J connectivity index is 2.39. The van der Waals surface area contributed by atoms with Crippen molar-refractivity contribution < 1.29 is 8.42 Å². The first-order valence-corrected chi connectivity index (χ1v) is 4.85. The molecule has 2 rings (SSSR count). The summed E-state index contributed by atoms with van der Waals surface area (Å²) in [6.07, 6.45) is 0.850. The molecule has 0 unspecified atom stereocenters. The Morgan fingerprint density at radius 1 is 1.44 bits per heavy atom. The van der Waals surface area contributed by atoms with E-state index < -0.39 is 9.84 Å². The van der Waals surface area contributed by atoms with Crippen molar-refractivity contribution in [3.05, 3.63) is 0 Å². The smallest absolute Gasteiger partial charge is 0.155 e. The van der Waals surface area contributed by atoms with Crippen LogP contribution in [0.3, 0.4) is 0 Å².